The van der Waals surface area contributed by atoms with E-state index in [1.807, 2.05) is 0 Å². The summed E-state index contributed by atoms with van der Waals surface area (Å²) in [6, 6.07) is 0.419. The maximum atomic E-state index is 11.7. The van der Waals surface area contributed by atoms with Crippen molar-refractivity contribution in [3.63, 3.8) is 0 Å². The largest absolute Gasteiger partial charge is 0.353 e. The van der Waals surface area contributed by atoms with Crippen LogP contribution in [0.3, 0.4) is 0 Å². The van der Waals surface area contributed by atoms with Gasteiger partial charge in [-0.2, -0.15) is 0 Å². The van der Waals surface area contributed by atoms with Gasteiger partial charge in [0.1, 0.15) is 0 Å². The Morgan fingerprint density at radius 2 is 2.00 bits per heavy atom. The Balaban J connectivity index is 2.16. The summed E-state index contributed by atoms with van der Waals surface area (Å²) in [5, 5.41) is 6.46. The highest BCUT2D eigenvalue weighted by Crippen LogP contribution is 2.24. The van der Waals surface area contributed by atoms with Gasteiger partial charge in [-0.1, -0.05) is 13.3 Å². The predicted molar refractivity (Wildman–Crippen MR) is 67.3 cm³/mol. The van der Waals surface area contributed by atoms with Gasteiger partial charge >= 0.3 is 0 Å². The molecule has 3 heteroatoms. The number of amides is 1. The van der Waals surface area contributed by atoms with Crippen molar-refractivity contribution < 1.29 is 4.79 Å². The lowest BCUT2D eigenvalue weighted by molar-refractivity contribution is -0.121. The van der Waals surface area contributed by atoms with Crippen LogP contribution in [0.2, 0.25) is 0 Å². The fourth-order valence-electron chi connectivity index (χ4n) is 2.19. The standard InChI is InChI=1S/C13H26N2O/c1-10-6-5-7-11(10)15-12(16)8-9-14-13(2,3)4/h10-11,14H,5-9H2,1-4H3,(H,15,16). The monoisotopic (exact) mass is 226 g/mol. The van der Waals surface area contributed by atoms with E-state index in [0.717, 1.165) is 13.0 Å². The minimum Gasteiger partial charge on any atom is -0.353 e. The van der Waals surface area contributed by atoms with Crippen LogP contribution in [0.1, 0.15) is 53.4 Å². The van der Waals surface area contributed by atoms with Crippen LogP contribution in [0.25, 0.3) is 0 Å². The molecule has 1 rings (SSSR count). The Morgan fingerprint density at radius 3 is 2.50 bits per heavy atom. The molecule has 2 atom stereocenters. The molecule has 1 aliphatic rings. The summed E-state index contributed by atoms with van der Waals surface area (Å²) in [5.41, 5.74) is 0.0981. The molecule has 3 nitrogen and oxygen atoms in total. The average Bonchev–Trinajstić information content (AvgIpc) is 2.49. The number of hydrogen-bond acceptors (Lipinski definition) is 2. The van der Waals surface area contributed by atoms with Gasteiger partial charge in [-0.15, -0.1) is 0 Å². The van der Waals surface area contributed by atoms with Crippen molar-refractivity contribution >= 4 is 5.91 Å². The number of carbonyl (C=O) groups excluding carboxylic acids is 1. The first kappa shape index (κ1) is 13.5. The summed E-state index contributed by atoms with van der Waals surface area (Å²) in [6.07, 6.45) is 4.25. The van der Waals surface area contributed by atoms with Crippen LogP contribution in [0.4, 0.5) is 0 Å². The quantitative estimate of drug-likeness (QED) is 0.770. The van der Waals surface area contributed by atoms with Crippen LogP contribution in [0.5, 0.6) is 0 Å². The maximum absolute atomic E-state index is 11.7. The molecule has 0 heterocycles. The summed E-state index contributed by atoms with van der Waals surface area (Å²) in [5.74, 6) is 0.843. The molecule has 1 saturated carbocycles. The lowest BCUT2D eigenvalue weighted by Crippen LogP contribution is -2.41. The van der Waals surface area contributed by atoms with Crippen LogP contribution in [-0.4, -0.2) is 24.0 Å². The van der Waals surface area contributed by atoms with Gasteiger partial charge in [-0.05, 0) is 39.5 Å². The summed E-state index contributed by atoms with van der Waals surface area (Å²) in [6.45, 7) is 9.33. The van der Waals surface area contributed by atoms with E-state index in [-0.39, 0.29) is 11.4 Å². The van der Waals surface area contributed by atoms with Crippen LogP contribution >= 0.6 is 0 Å². The first-order valence-electron chi connectivity index (χ1n) is 6.43. The van der Waals surface area contributed by atoms with E-state index in [1.165, 1.54) is 12.8 Å². The molecule has 0 aromatic heterocycles. The first-order chi connectivity index (χ1) is 7.38. The van der Waals surface area contributed by atoms with E-state index in [0.29, 0.717) is 18.4 Å². The van der Waals surface area contributed by atoms with Crippen LogP contribution in [0.15, 0.2) is 0 Å². The highest BCUT2D eigenvalue weighted by atomic mass is 16.1. The lowest BCUT2D eigenvalue weighted by atomic mass is 10.1. The molecule has 0 bridgehead atoms. The van der Waals surface area contributed by atoms with Crippen LogP contribution < -0.4 is 10.6 Å². The molecule has 94 valence electrons. The van der Waals surface area contributed by atoms with E-state index < -0.39 is 0 Å². The van der Waals surface area contributed by atoms with Crippen molar-refractivity contribution in [2.45, 2.75) is 65.0 Å². The van der Waals surface area contributed by atoms with Gasteiger partial charge in [-0.25, -0.2) is 0 Å². The number of carbonyl (C=O) groups is 1. The molecule has 2 N–H and O–H groups in total. The summed E-state index contributed by atoms with van der Waals surface area (Å²) < 4.78 is 0. The SMILES string of the molecule is CC1CCCC1NC(=O)CCNC(C)(C)C. The molecule has 0 aromatic carbocycles. The fraction of sp³-hybridized carbons (Fsp3) is 0.923. The minimum atomic E-state index is 0.0981. The molecule has 1 aliphatic carbocycles. The minimum absolute atomic E-state index is 0.0981. The molecule has 2 unspecified atom stereocenters. The lowest BCUT2D eigenvalue weighted by Gasteiger charge is -2.21. The van der Waals surface area contributed by atoms with E-state index >= 15 is 0 Å². The second-order valence-corrected chi connectivity index (χ2v) is 6.01. The molecule has 0 saturated heterocycles. The fourth-order valence-corrected chi connectivity index (χ4v) is 2.19. The van der Waals surface area contributed by atoms with Gasteiger partial charge in [0.15, 0.2) is 0 Å². The van der Waals surface area contributed by atoms with Crippen molar-refractivity contribution in [2.75, 3.05) is 6.54 Å². The first-order valence-corrected chi connectivity index (χ1v) is 6.43. The molecule has 16 heavy (non-hydrogen) atoms. The van der Waals surface area contributed by atoms with Gasteiger partial charge in [0.25, 0.3) is 0 Å². The molecule has 1 fully saturated rings. The Morgan fingerprint density at radius 1 is 1.31 bits per heavy atom. The van der Waals surface area contributed by atoms with E-state index in [4.69, 9.17) is 0 Å². The Kier molecular flexibility index (Phi) is 4.78. The summed E-state index contributed by atoms with van der Waals surface area (Å²) in [7, 11) is 0. The molecular weight excluding hydrogens is 200 g/mol. The third-order valence-electron chi connectivity index (χ3n) is 3.22. The van der Waals surface area contributed by atoms with Gasteiger partial charge in [-0.3, -0.25) is 4.79 Å². The van der Waals surface area contributed by atoms with Gasteiger partial charge in [0.05, 0.1) is 0 Å². The number of rotatable bonds is 4. The summed E-state index contributed by atoms with van der Waals surface area (Å²) >= 11 is 0. The predicted octanol–water partition coefficient (Wildman–Crippen LogP) is 2.07. The number of hydrogen-bond donors (Lipinski definition) is 2. The Hall–Kier alpha value is -0.570. The van der Waals surface area contributed by atoms with Crippen LogP contribution in [0, 0.1) is 5.92 Å². The zero-order valence-electron chi connectivity index (χ0n) is 11.1. The number of nitrogens with one attached hydrogen (secondary N) is 2. The molecule has 0 aromatic rings. The molecule has 0 radical (unpaired) electrons. The second kappa shape index (κ2) is 5.67. The van der Waals surface area contributed by atoms with Crippen molar-refractivity contribution in [2.24, 2.45) is 5.92 Å². The van der Waals surface area contributed by atoms with E-state index in [2.05, 4.69) is 38.3 Å². The third-order valence-corrected chi connectivity index (χ3v) is 3.22. The maximum Gasteiger partial charge on any atom is 0.221 e. The Bertz CT molecular complexity index is 233. The van der Waals surface area contributed by atoms with Gasteiger partial charge < -0.3 is 10.6 Å². The van der Waals surface area contributed by atoms with Crippen LogP contribution in [-0.2, 0) is 4.79 Å². The smallest absolute Gasteiger partial charge is 0.221 e. The topological polar surface area (TPSA) is 41.1 Å². The zero-order chi connectivity index (χ0) is 12.2. The normalized spacial score (nSPS) is 25.8. The highest BCUT2D eigenvalue weighted by molar-refractivity contribution is 5.76. The highest BCUT2D eigenvalue weighted by Gasteiger charge is 2.24. The van der Waals surface area contributed by atoms with Crippen molar-refractivity contribution in [3.05, 3.63) is 0 Å². The van der Waals surface area contributed by atoms with Crippen molar-refractivity contribution in [3.8, 4) is 0 Å². The Labute approximate surface area is 99.4 Å². The third kappa shape index (κ3) is 4.97. The molecular formula is C13H26N2O. The van der Waals surface area contributed by atoms with Crippen molar-refractivity contribution in [1.29, 1.82) is 0 Å². The average molecular weight is 226 g/mol. The zero-order valence-corrected chi connectivity index (χ0v) is 11.1. The molecule has 1 amide bonds. The summed E-state index contributed by atoms with van der Waals surface area (Å²) in [4.78, 5) is 11.7. The molecule has 0 spiro atoms. The van der Waals surface area contributed by atoms with Gasteiger partial charge in [0.2, 0.25) is 5.91 Å². The van der Waals surface area contributed by atoms with E-state index in [1.54, 1.807) is 0 Å². The van der Waals surface area contributed by atoms with E-state index in [9.17, 15) is 4.79 Å². The second-order valence-electron chi connectivity index (χ2n) is 6.01. The van der Waals surface area contributed by atoms with Crippen molar-refractivity contribution in [1.82, 2.24) is 10.6 Å². The molecule has 0 aliphatic heterocycles. The van der Waals surface area contributed by atoms with Gasteiger partial charge in [0, 0.05) is 24.5 Å².